The Balaban J connectivity index is 1.69. The van der Waals surface area contributed by atoms with Gasteiger partial charge in [0, 0.05) is 29.4 Å². The van der Waals surface area contributed by atoms with Gasteiger partial charge < -0.3 is 20.7 Å². The maximum atomic E-state index is 14.4. The molecular formula is C20H22ClF2N7O2. The number of hydrogen-bond acceptors (Lipinski definition) is 7. The van der Waals surface area contributed by atoms with Gasteiger partial charge in [0.2, 0.25) is 11.9 Å². The molecule has 0 aliphatic carbocycles. The third-order valence-corrected chi connectivity index (χ3v) is 4.55. The molecule has 0 saturated carbocycles. The lowest BCUT2D eigenvalue weighted by atomic mass is 10.2. The number of halogens is 3. The van der Waals surface area contributed by atoms with Crippen LogP contribution in [0.15, 0.2) is 30.7 Å². The van der Waals surface area contributed by atoms with Crippen molar-refractivity contribution in [3.63, 3.8) is 0 Å². The zero-order chi connectivity index (χ0) is 23.3. The van der Waals surface area contributed by atoms with Crippen LogP contribution < -0.4 is 20.7 Å². The van der Waals surface area contributed by atoms with Crippen LogP contribution in [0, 0.1) is 11.6 Å². The van der Waals surface area contributed by atoms with Gasteiger partial charge in [0.1, 0.15) is 6.54 Å². The highest BCUT2D eigenvalue weighted by molar-refractivity contribution is 6.31. The van der Waals surface area contributed by atoms with Crippen molar-refractivity contribution in [2.24, 2.45) is 0 Å². The number of nitrogens with zero attached hydrogens (tertiary/aromatic N) is 4. The molecule has 0 spiro atoms. The van der Waals surface area contributed by atoms with Crippen molar-refractivity contribution in [1.82, 2.24) is 25.1 Å². The first kappa shape index (κ1) is 23.2. The van der Waals surface area contributed by atoms with Crippen LogP contribution in [0.5, 0.6) is 5.75 Å². The molecular weight excluding hydrogens is 444 g/mol. The van der Waals surface area contributed by atoms with Crippen LogP contribution in [-0.2, 0) is 17.9 Å². The smallest absolute Gasteiger partial charge is 0.241 e. The quantitative estimate of drug-likeness (QED) is 0.444. The molecule has 0 aliphatic heterocycles. The third kappa shape index (κ3) is 5.82. The summed E-state index contributed by atoms with van der Waals surface area (Å²) in [6, 6.07) is 2.92. The first-order valence-corrected chi connectivity index (χ1v) is 10.0. The van der Waals surface area contributed by atoms with Crippen molar-refractivity contribution < 1.29 is 18.3 Å². The van der Waals surface area contributed by atoms with Crippen molar-refractivity contribution in [1.29, 1.82) is 0 Å². The van der Waals surface area contributed by atoms with Crippen molar-refractivity contribution in [3.05, 3.63) is 52.9 Å². The Labute approximate surface area is 188 Å². The largest absolute Gasteiger partial charge is 0.494 e. The van der Waals surface area contributed by atoms with Gasteiger partial charge in [-0.15, -0.1) is 0 Å². The van der Waals surface area contributed by atoms with E-state index in [9.17, 15) is 13.6 Å². The maximum Gasteiger partial charge on any atom is 0.241 e. The highest BCUT2D eigenvalue weighted by Gasteiger charge is 2.15. The molecule has 1 aromatic carbocycles. The Kier molecular flexibility index (Phi) is 7.41. The summed E-state index contributed by atoms with van der Waals surface area (Å²) in [6.07, 6.45) is 4.04. The second-order valence-electron chi connectivity index (χ2n) is 7.06. The summed E-state index contributed by atoms with van der Waals surface area (Å²) in [5, 5.41) is 12.6. The fourth-order valence-electron chi connectivity index (χ4n) is 2.78. The summed E-state index contributed by atoms with van der Waals surface area (Å²) >= 11 is 6.06. The number of anilines is 3. The fourth-order valence-corrected chi connectivity index (χ4v) is 2.99. The number of amides is 1. The van der Waals surface area contributed by atoms with Crippen molar-refractivity contribution in [2.75, 3.05) is 17.7 Å². The van der Waals surface area contributed by atoms with Crippen molar-refractivity contribution >= 4 is 35.0 Å². The maximum absolute atomic E-state index is 14.4. The Bertz CT molecular complexity index is 1110. The second-order valence-corrected chi connectivity index (χ2v) is 7.47. The van der Waals surface area contributed by atoms with Crippen LogP contribution in [0.25, 0.3) is 0 Å². The normalized spacial score (nSPS) is 10.8. The number of aromatic nitrogens is 4. The van der Waals surface area contributed by atoms with E-state index in [0.717, 1.165) is 6.20 Å². The number of carbonyl (C=O) groups excluding carboxylic acids is 1. The molecule has 0 fully saturated rings. The predicted molar refractivity (Wildman–Crippen MR) is 116 cm³/mol. The highest BCUT2D eigenvalue weighted by atomic mass is 35.5. The summed E-state index contributed by atoms with van der Waals surface area (Å²) in [5.74, 6) is -1.59. The lowest BCUT2D eigenvalue weighted by Crippen LogP contribution is -2.33. The predicted octanol–water partition coefficient (Wildman–Crippen LogP) is 3.49. The molecule has 0 saturated heterocycles. The van der Waals surface area contributed by atoms with Gasteiger partial charge in [0.15, 0.2) is 23.2 Å². The van der Waals surface area contributed by atoms with E-state index < -0.39 is 11.6 Å². The SMILES string of the molecule is COc1ccc(Cl)c(CNc2nc(Nc3cnn(CC(=O)NC(C)C)c3)ncc2F)c1F. The first-order valence-electron chi connectivity index (χ1n) is 9.63. The van der Waals surface area contributed by atoms with Crippen LogP contribution in [0.3, 0.4) is 0 Å². The molecule has 1 amide bonds. The number of rotatable bonds is 9. The van der Waals surface area contributed by atoms with Gasteiger partial charge in [-0.05, 0) is 26.0 Å². The summed E-state index contributed by atoms with van der Waals surface area (Å²) in [5.41, 5.74) is 0.612. The van der Waals surface area contributed by atoms with Crippen LogP contribution >= 0.6 is 11.6 Å². The number of hydrogen-bond donors (Lipinski definition) is 3. The molecule has 32 heavy (non-hydrogen) atoms. The molecule has 12 heteroatoms. The fraction of sp³-hybridized carbons (Fsp3) is 0.300. The van der Waals surface area contributed by atoms with E-state index in [4.69, 9.17) is 16.3 Å². The Morgan fingerprint density at radius 1 is 1.28 bits per heavy atom. The average Bonchev–Trinajstić information content (AvgIpc) is 3.16. The van der Waals surface area contributed by atoms with Crippen molar-refractivity contribution in [2.45, 2.75) is 33.0 Å². The Morgan fingerprint density at radius 2 is 2.06 bits per heavy atom. The van der Waals surface area contributed by atoms with Crippen LogP contribution in [0.2, 0.25) is 5.02 Å². The van der Waals surface area contributed by atoms with E-state index in [2.05, 4.69) is 31.0 Å². The lowest BCUT2D eigenvalue weighted by molar-refractivity contribution is -0.122. The molecule has 3 aromatic rings. The highest BCUT2D eigenvalue weighted by Crippen LogP contribution is 2.28. The average molecular weight is 466 g/mol. The van der Waals surface area contributed by atoms with Gasteiger partial charge >= 0.3 is 0 Å². The molecule has 2 heterocycles. The number of ether oxygens (including phenoxy) is 1. The summed E-state index contributed by atoms with van der Waals surface area (Å²) in [4.78, 5) is 19.8. The van der Waals surface area contributed by atoms with Gasteiger partial charge in [0.05, 0.1) is 25.2 Å². The van der Waals surface area contributed by atoms with E-state index in [1.54, 1.807) is 6.20 Å². The number of benzene rings is 1. The van der Waals surface area contributed by atoms with Gasteiger partial charge in [-0.25, -0.2) is 13.8 Å². The molecule has 2 aromatic heterocycles. The molecule has 9 nitrogen and oxygen atoms in total. The third-order valence-electron chi connectivity index (χ3n) is 4.19. The molecule has 170 valence electrons. The summed E-state index contributed by atoms with van der Waals surface area (Å²) < 4.78 is 35.0. The monoisotopic (exact) mass is 465 g/mol. The van der Waals surface area contributed by atoms with E-state index in [-0.39, 0.29) is 53.1 Å². The van der Waals surface area contributed by atoms with Crippen LogP contribution in [-0.4, -0.2) is 38.8 Å². The molecule has 0 radical (unpaired) electrons. The minimum atomic E-state index is -0.726. The first-order chi connectivity index (χ1) is 15.3. The van der Waals surface area contributed by atoms with E-state index in [1.807, 2.05) is 13.8 Å². The molecule has 3 N–H and O–H groups in total. The standard InChI is InChI=1S/C20H22ClF2N7O2/c1-11(2)27-17(31)10-30-9-12(6-26-30)28-20-25-8-15(22)19(29-20)24-7-13-14(21)4-5-16(32-3)18(13)23/h4-6,8-9,11H,7,10H2,1-3H3,(H,27,31)(H2,24,25,28,29). The molecule has 3 rings (SSSR count). The second kappa shape index (κ2) is 10.2. The summed E-state index contributed by atoms with van der Waals surface area (Å²) in [7, 11) is 1.34. The zero-order valence-electron chi connectivity index (χ0n) is 17.6. The zero-order valence-corrected chi connectivity index (χ0v) is 18.4. The number of carbonyl (C=O) groups is 1. The van der Waals surface area contributed by atoms with E-state index in [0.29, 0.717) is 5.69 Å². The van der Waals surface area contributed by atoms with Crippen molar-refractivity contribution in [3.8, 4) is 5.75 Å². The minimum absolute atomic E-state index is 0.0227. The van der Waals surface area contributed by atoms with Crippen LogP contribution in [0.1, 0.15) is 19.4 Å². The van der Waals surface area contributed by atoms with Gasteiger partial charge in [-0.2, -0.15) is 10.1 Å². The Hall–Kier alpha value is -3.47. The van der Waals surface area contributed by atoms with E-state index >= 15 is 0 Å². The molecule has 0 aliphatic rings. The van der Waals surface area contributed by atoms with E-state index in [1.165, 1.54) is 30.1 Å². The van der Waals surface area contributed by atoms with Gasteiger partial charge in [0.25, 0.3) is 0 Å². The minimum Gasteiger partial charge on any atom is -0.494 e. The topological polar surface area (TPSA) is 106 Å². The van der Waals surface area contributed by atoms with Gasteiger partial charge in [-0.1, -0.05) is 11.6 Å². The summed E-state index contributed by atoms with van der Waals surface area (Å²) in [6.45, 7) is 3.64. The number of nitrogens with one attached hydrogen (secondary N) is 3. The van der Waals surface area contributed by atoms with Crippen LogP contribution in [0.4, 0.5) is 26.2 Å². The molecule has 0 bridgehead atoms. The van der Waals surface area contributed by atoms with Gasteiger partial charge in [-0.3, -0.25) is 9.48 Å². The lowest BCUT2D eigenvalue weighted by Gasteiger charge is -2.12. The number of methoxy groups -OCH3 is 1. The molecule has 0 unspecified atom stereocenters. The Morgan fingerprint density at radius 3 is 2.78 bits per heavy atom. The molecule has 0 atom stereocenters.